The number of hydrogen-bond donors (Lipinski definition) is 1. The van der Waals surface area contributed by atoms with Gasteiger partial charge in [-0.1, -0.05) is 5.16 Å². The van der Waals surface area contributed by atoms with Gasteiger partial charge in [0.2, 0.25) is 5.89 Å². The molecule has 22 heavy (non-hydrogen) atoms. The number of pyridine rings is 1. The van der Waals surface area contributed by atoms with Gasteiger partial charge in [-0.05, 0) is 24.6 Å². The van der Waals surface area contributed by atoms with Crippen molar-refractivity contribution in [2.45, 2.75) is 20.1 Å². The van der Waals surface area contributed by atoms with Gasteiger partial charge in [-0.15, -0.1) is 0 Å². The highest BCUT2D eigenvalue weighted by Gasteiger charge is 2.12. The van der Waals surface area contributed by atoms with E-state index in [0.29, 0.717) is 17.4 Å². The Kier molecular flexibility index (Phi) is 3.84. The van der Waals surface area contributed by atoms with E-state index in [2.05, 4.69) is 20.4 Å². The number of methoxy groups -OCH3 is 1. The fourth-order valence-corrected chi connectivity index (χ4v) is 1.99. The van der Waals surface area contributed by atoms with Crippen LogP contribution >= 0.6 is 0 Å². The predicted molar refractivity (Wildman–Crippen MR) is 76.1 cm³/mol. The molecule has 0 fully saturated rings. The van der Waals surface area contributed by atoms with Crippen molar-refractivity contribution < 1.29 is 14.1 Å². The zero-order valence-corrected chi connectivity index (χ0v) is 12.2. The normalized spacial score (nSPS) is 11.0. The first-order valence-electron chi connectivity index (χ1n) is 6.69. The number of nitrogens with zero attached hydrogens (tertiary/aromatic N) is 4. The molecule has 0 aliphatic carbocycles. The van der Waals surface area contributed by atoms with Crippen molar-refractivity contribution in [1.29, 1.82) is 0 Å². The summed E-state index contributed by atoms with van der Waals surface area (Å²) in [6, 6.07) is 3.86. The Morgan fingerprint density at radius 2 is 2.32 bits per heavy atom. The first kappa shape index (κ1) is 14.2. The van der Waals surface area contributed by atoms with E-state index in [9.17, 15) is 4.79 Å². The molecule has 0 bridgehead atoms. The number of aromatic nitrogens is 4. The molecular formula is C14H15N5O3. The first-order chi connectivity index (χ1) is 10.7. The van der Waals surface area contributed by atoms with Gasteiger partial charge in [-0.3, -0.25) is 4.79 Å². The number of carbonyl (C=O) groups is 1. The number of hydrogen-bond acceptors (Lipinski definition) is 6. The summed E-state index contributed by atoms with van der Waals surface area (Å²) in [6.07, 6.45) is 3.54. The van der Waals surface area contributed by atoms with Gasteiger partial charge in [-0.25, -0.2) is 4.98 Å². The van der Waals surface area contributed by atoms with Gasteiger partial charge >= 0.3 is 0 Å². The zero-order valence-electron chi connectivity index (χ0n) is 12.2. The molecule has 3 aromatic heterocycles. The first-order valence-corrected chi connectivity index (χ1v) is 6.69. The molecule has 3 aromatic rings. The number of aryl methyl sites for hydroxylation is 1. The van der Waals surface area contributed by atoms with Crippen LogP contribution in [0.15, 0.2) is 29.0 Å². The van der Waals surface area contributed by atoms with Crippen LogP contribution in [-0.2, 0) is 17.9 Å². The predicted octanol–water partition coefficient (Wildman–Crippen LogP) is 1.10. The smallest absolute Gasteiger partial charge is 0.271 e. The molecule has 0 aliphatic heterocycles. The van der Waals surface area contributed by atoms with Crippen molar-refractivity contribution in [2.24, 2.45) is 0 Å². The van der Waals surface area contributed by atoms with Crippen LogP contribution in [0.3, 0.4) is 0 Å². The lowest BCUT2D eigenvalue weighted by molar-refractivity contribution is 0.0942. The van der Waals surface area contributed by atoms with E-state index >= 15 is 0 Å². The average Bonchev–Trinajstić information content (AvgIpc) is 3.11. The Labute approximate surface area is 126 Å². The largest absolute Gasteiger partial charge is 0.377 e. The topological polar surface area (TPSA) is 94.6 Å². The van der Waals surface area contributed by atoms with Crippen molar-refractivity contribution in [3.63, 3.8) is 0 Å². The van der Waals surface area contributed by atoms with Crippen molar-refractivity contribution in [3.8, 4) is 0 Å². The van der Waals surface area contributed by atoms with Gasteiger partial charge in [-0.2, -0.15) is 4.98 Å². The second kappa shape index (κ2) is 5.94. The van der Waals surface area contributed by atoms with E-state index in [1.807, 2.05) is 25.3 Å². The van der Waals surface area contributed by atoms with Crippen LogP contribution < -0.4 is 5.32 Å². The summed E-state index contributed by atoms with van der Waals surface area (Å²) in [7, 11) is 1.54. The number of fused-ring (bicyclic) bond motifs is 1. The van der Waals surface area contributed by atoms with Crippen LogP contribution in [0, 0.1) is 6.92 Å². The molecule has 1 amide bonds. The summed E-state index contributed by atoms with van der Waals surface area (Å²) in [5, 5.41) is 6.41. The lowest BCUT2D eigenvalue weighted by atomic mass is 10.3. The van der Waals surface area contributed by atoms with Gasteiger partial charge in [0.25, 0.3) is 5.91 Å². The van der Waals surface area contributed by atoms with Gasteiger partial charge in [0, 0.05) is 19.5 Å². The van der Waals surface area contributed by atoms with Crippen LogP contribution in [0.2, 0.25) is 0 Å². The fraction of sp³-hybridized carbons (Fsp3) is 0.286. The van der Waals surface area contributed by atoms with E-state index in [0.717, 1.165) is 11.2 Å². The van der Waals surface area contributed by atoms with Crippen molar-refractivity contribution >= 4 is 11.6 Å². The Balaban J connectivity index is 1.67. The quantitative estimate of drug-likeness (QED) is 0.758. The minimum absolute atomic E-state index is 0.141. The molecule has 1 N–H and O–H groups in total. The van der Waals surface area contributed by atoms with E-state index in [-0.39, 0.29) is 19.1 Å². The molecule has 0 aliphatic rings. The highest BCUT2D eigenvalue weighted by Crippen LogP contribution is 2.08. The summed E-state index contributed by atoms with van der Waals surface area (Å²) < 4.78 is 11.7. The van der Waals surface area contributed by atoms with Gasteiger partial charge < -0.3 is 19.0 Å². The molecule has 8 nitrogen and oxygen atoms in total. The number of ether oxygens (including phenoxy) is 1. The van der Waals surface area contributed by atoms with E-state index in [1.165, 1.54) is 0 Å². The summed E-state index contributed by atoms with van der Waals surface area (Å²) in [5.41, 5.74) is 2.15. The summed E-state index contributed by atoms with van der Waals surface area (Å²) >= 11 is 0. The summed E-state index contributed by atoms with van der Waals surface area (Å²) in [6.45, 7) is 2.38. The highest BCUT2D eigenvalue weighted by molar-refractivity contribution is 5.92. The molecule has 0 saturated heterocycles. The van der Waals surface area contributed by atoms with Crippen molar-refractivity contribution in [2.75, 3.05) is 7.11 Å². The van der Waals surface area contributed by atoms with Crippen LogP contribution in [0.5, 0.6) is 0 Å². The molecule has 0 radical (unpaired) electrons. The Hall–Kier alpha value is -2.74. The van der Waals surface area contributed by atoms with Crippen LogP contribution in [-0.4, -0.2) is 32.5 Å². The third-order valence-electron chi connectivity index (χ3n) is 3.03. The molecule has 0 aromatic carbocycles. The maximum absolute atomic E-state index is 12.1. The molecule has 8 heteroatoms. The lowest BCUT2D eigenvalue weighted by Gasteiger charge is -1.97. The average molecular weight is 301 g/mol. The Morgan fingerprint density at radius 1 is 1.45 bits per heavy atom. The molecule has 0 saturated carbocycles. The van der Waals surface area contributed by atoms with Gasteiger partial charge in [0.05, 0.1) is 6.54 Å². The minimum Gasteiger partial charge on any atom is -0.377 e. The standard InChI is InChI=1S/C14H15N5O3/c1-9-3-4-19-7-10(16-12(19)5-9)14(20)15-6-13-17-11(8-21-2)18-22-13/h3-5,7H,6,8H2,1-2H3,(H,15,20). The second-order valence-electron chi connectivity index (χ2n) is 4.82. The number of amides is 1. The molecule has 0 atom stereocenters. The van der Waals surface area contributed by atoms with E-state index < -0.39 is 0 Å². The van der Waals surface area contributed by atoms with Crippen molar-refractivity contribution in [3.05, 3.63) is 47.5 Å². The van der Waals surface area contributed by atoms with E-state index in [1.54, 1.807) is 17.7 Å². The molecule has 0 unspecified atom stereocenters. The number of nitrogens with one attached hydrogen (secondary N) is 1. The van der Waals surface area contributed by atoms with Gasteiger partial charge in [0.15, 0.2) is 5.82 Å². The Morgan fingerprint density at radius 3 is 3.14 bits per heavy atom. The monoisotopic (exact) mass is 301 g/mol. The fourth-order valence-electron chi connectivity index (χ4n) is 1.99. The van der Waals surface area contributed by atoms with Crippen LogP contribution in [0.1, 0.15) is 27.8 Å². The maximum atomic E-state index is 12.1. The van der Waals surface area contributed by atoms with Gasteiger partial charge in [0.1, 0.15) is 17.9 Å². The molecule has 0 spiro atoms. The molecule has 114 valence electrons. The maximum Gasteiger partial charge on any atom is 0.271 e. The zero-order chi connectivity index (χ0) is 15.5. The third-order valence-corrected chi connectivity index (χ3v) is 3.03. The highest BCUT2D eigenvalue weighted by atomic mass is 16.5. The van der Waals surface area contributed by atoms with Crippen LogP contribution in [0.4, 0.5) is 0 Å². The molecule has 3 rings (SSSR count). The molecule has 3 heterocycles. The minimum atomic E-state index is -0.298. The third kappa shape index (κ3) is 2.96. The molecular weight excluding hydrogens is 286 g/mol. The van der Waals surface area contributed by atoms with Crippen LogP contribution in [0.25, 0.3) is 5.65 Å². The number of imidazole rings is 1. The Bertz CT molecular complexity index is 808. The van der Waals surface area contributed by atoms with Crippen molar-refractivity contribution in [1.82, 2.24) is 24.8 Å². The SMILES string of the molecule is COCc1noc(CNC(=O)c2cn3ccc(C)cc3n2)n1. The number of carbonyl (C=O) groups excluding carboxylic acids is 1. The lowest BCUT2D eigenvalue weighted by Crippen LogP contribution is -2.23. The number of rotatable bonds is 5. The van der Waals surface area contributed by atoms with E-state index in [4.69, 9.17) is 9.26 Å². The second-order valence-corrected chi connectivity index (χ2v) is 4.82. The summed E-state index contributed by atoms with van der Waals surface area (Å²) in [4.78, 5) is 20.5. The summed E-state index contributed by atoms with van der Waals surface area (Å²) in [5.74, 6) is 0.461.